The second-order valence-electron chi connectivity index (χ2n) is 7.25. The van der Waals surface area contributed by atoms with E-state index in [0.717, 1.165) is 47.5 Å². The Bertz CT molecular complexity index is 1200. The van der Waals surface area contributed by atoms with Gasteiger partial charge in [-0.25, -0.2) is 19.4 Å². The lowest BCUT2D eigenvalue weighted by Crippen LogP contribution is -2.08. The van der Waals surface area contributed by atoms with Crippen molar-refractivity contribution in [3.8, 4) is 11.4 Å². The van der Waals surface area contributed by atoms with Crippen LogP contribution in [0.1, 0.15) is 28.5 Å². The maximum Gasteiger partial charge on any atom is 0.337 e. The van der Waals surface area contributed by atoms with E-state index in [9.17, 15) is 4.79 Å². The molecule has 1 N–H and O–H groups in total. The van der Waals surface area contributed by atoms with E-state index < -0.39 is 0 Å². The lowest BCUT2D eigenvalue weighted by atomic mass is 10.1. The number of hydrogen-bond donors (Lipinski definition) is 1. The van der Waals surface area contributed by atoms with Crippen LogP contribution in [0.25, 0.3) is 22.4 Å². The monoisotopic (exact) mass is 415 g/mol. The highest BCUT2D eigenvalue weighted by Gasteiger charge is 2.17. The van der Waals surface area contributed by atoms with Gasteiger partial charge in [0, 0.05) is 19.2 Å². The number of nitrogens with zero attached hydrogens (tertiary/aromatic N) is 4. The van der Waals surface area contributed by atoms with E-state index in [0.29, 0.717) is 11.4 Å². The molecule has 0 atom stereocenters. The van der Waals surface area contributed by atoms with Crippen LogP contribution in [0.15, 0.2) is 54.6 Å². The number of fused-ring (bicyclic) bond motifs is 1. The zero-order valence-corrected chi connectivity index (χ0v) is 17.9. The highest BCUT2D eigenvalue weighted by atomic mass is 16.5. The van der Waals surface area contributed by atoms with Gasteiger partial charge in [-0.15, -0.1) is 0 Å². The number of rotatable bonds is 7. The molecule has 0 fully saturated rings. The quantitative estimate of drug-likeness (QED) is 0.459. The zero-order chi connectivity index (χ0) is 21.8. The fraction of sp³-hybridized carbons (Fsp3) is 0.250. The van der Waals surface area contributed by atoms with Crippen LogP contribution >= 0.6 is 0 Å². The van der Waals surface area contributed by atoms with E-state index in [1.165, 1.54) is 12.7 Å². The molecule has 7 heteroatoms. The van der Waals surface area contributed by atoms with Gasteiger partial charge in [-0.05, 0) is 30.5 Å². The van der Waals surface area contributed by atoms with Crippen LogP contribution in [-0.2, 0) is 24.6 Å². The normalized spacial score (nSPS) is 10.9. The van der Waals surface area contributed by atoms with Gasteiger partial charge in [-0.1, -0.05) is 49.4 Å². The standard InChI is InChI=1S/C24H25N5O2/c1-4-19-20-22(25-15-14-16-8-6-5-7-9-16)26-21(27-23(20)29(2)28-19)17-10-12-18(13-11-17)24(30)31-3/h5-13H,4,14-15H2,1-3H3,(H,25,26,27). The Morgan fingerprint density at radius 2 is 1.81 bits per heavy atom. The number of aryl methyl sites for hydroxylation is 2. The summed E-state index contributed by atoms with van der Waals surface area (Å²) in [6, 6.07) is 17.5. The average molecular weight is 415 g/mol. The molecular formula is C24H25N5O2. The number of hydrogen-bond acceptors (Lipinski definition) is 6. The highest BCUT2D eigenvalue weighted by Crippen LogP contribution is 2.28. The summed E-state index contributed by atoms with van der Waals surface area (Å²) in [5.74, 6) is 0.986. The average Bonchev–Trinajstić information content (AvgIpc) is 3.15. The maximum absolute atomic E-state index is 11.7. The molecule has 0 saturated heterocycles. The number of ether oxygens (including phenoxy) is 1. The largest absolute Gasteiger partial charge is 0.465 e. The molecule has 4 rings (SSSR count). The third kappa shape index (κ3) is 4.26. The number of aromatic nitrogens is 4. The van der Waals surface area contributed by atoms with Crippen LogP contribution in [0.4, 0.5) is 5.82 Å². The van der Waals surface area contributed by atoms with Crippen molar-refractivity contribution in [2.45, 2.75) is 19.8 Å². The number of anilines is 1. The Labute approximate surface area is 181 Å². The van der Waals surface area contributed by atoms with Crippen molar-refractivity contribution in [3.05, 3.63) is 71.4 Å². The molecule has 0 aliphatic rings. The summed E-state index contributed by atoms with van der Waals surface area (Å²) in [4.78, 5) is 21.3. The first kappa shape index (κ1) is 20.5. The van der Waals surface area contributed by atoms with Crippen molar-refractivity contribution in [1.82, 2.24) is 19.7 Å². The SMILES string of the molecule is CCc1nn(C)c2nc(-c3ccc(C(=O)OC)cc3)nc(NCCc3ccccc3)c12. The summed E-state index contributed by atoms with van der Waals surface area (Å²) in [6.07, 6.45) is 1.68. The number of nitrogens with one attached hydrogen (secondary N) is 1. The van der Waals surface area contributed by atoms with E-state index in [4.69, 9.17) is 14.7 Å². The van der Waals surface area contributed by atoms with Gasteiger partial charge >= 0.3 is 5.97 Å². The fourth-order valence-corrected chi connectivity index (χ4v) is 3.57. The Balaban J connectivity index is 1.70. The van der Waals surface area contributed by atoms with Crippen LogP contribution < -0.4 is 5.32 Å². The van der Waals surface area contributed by atoms with E-state index in [1.54, 1.807) is 16.8 Å². The van der Waals surface area contributed by atoms with Crippen molar-refractivity contribution in [2.24, 2.45) is 7.05 Å². The molecule has 2 heterocycles. The molecule has 7 nitrogen and oxygen atoms in total. The lowest BCUT2D eigenvalue weighted by Gasteiger charge is -2.10. The van der Waals surface area contributed by atoms with E-state index in [-0.39, 0.29) is 5.97 Å². The third-order valence-electron chi connectivity index (χ3n) is 5.20. The molecule has 0 radical (unpaired) electrons. The van der Waals surface area contributed by atoms with Gasteiger partial charge in [0.1, 0.15) is 5.82 Å². The minimum Gasteiger partial charge on any atom is -0.465 e. The summed E-state index contributed by atoms with van der Waals surface area (Å²) in [5.41, 5.74) is 4.32. The number of esters is 1. The molecule has 0 unspecified atom stereocenters. The van der Waals surface area contributed by atoms with Gasteiger partial charge in [0.2, 0.25) is 0 Å². The second kappa shape index (κ2) is 8.95. The molecule has 0 aliphatic heterocycles. The number of methoxy groups -OCH3 is 1. The van der Waals surface area contributed by atoms with Gasteiger partial charge in [0.05, 0.1) is 23.8 Å². The van der Waals surface area contributed by atoms with E-state index >= 15 is 0 Å². The molecule has 4 aromatic rings. The van der Waals surface area contributed by atoms with Gasteiger partial charge in [-0.3, -0.25) is 0 Å². The van der Waals surface area contributed by atoms with Crippen molar-refractivity contribution in [2.75, 3.05) is 19.0 Å². The van der Waals surface area contributed by atoms with Gasteiger partial charge in [0.25, 0.3) is 0 Å². The Hall–Kier alpha value is -3.74. The first-order valence-corrected chi connectivity index (χ1v) is 10.3. The smallest absolute Gasteiger partial charge is 0.337 e. The first-order valence-electron chi connectivity index (χ1n) is 10.3. The minimum atomic E-state index is -0.370. The van der Waals surface area contributed by atoms with Gasteiger partial charge < -0.3 is 10.1 Å². The van der Waals surface area contributed by atoms with Crippen molar-refractivity contribution < 1.29 is 9.53 Å². The highest BCUT2D eigenvalue weighted by molar-refractivity contribution is 5.92. The number of carbonyl (C=O) groups excluding carboxylic acids is 1. The van der Waals surface area contributed by atoms with Crippen LogP contribution in [0.5, 0.6) is 0 Å². The second-order valence-corrected chi connectivity index (χ2v) is 7.25. The van der Waals surface area contributed by atoms with Crippen LogP contribution in [0.2, 0.25) is 0 Å². The predicted molar refractivity (Wildman–Crippen MR) is 121 cm³/mol. The van der Waals surface area contributed by atoms with Crippen molar-refractivity contribution in [3.63, 3.8) is 0 Å². The molecule has 31 heavy (non-hydrogen) atoms. The summed E-state index contributed by atoms with van der Waals surface area (Å²) in [5, 5.41) is 9.08. The Kier molecular flexibility index (Phi) is 5.93. The summed E-state index contributed by atoms with van der Waals surface area (Å²) in [7, 11) is 3.26. The summed E-state index contributed by atoms with van der Waals surface area (Å²) in [6.45, 7) is 2.82. The Morgan fingerprint density at radius 3 is 2.48 bits per heavy atom. The van der Waals surface area contributed by atoms with Crippen LogP contribution in [-0.4, -0.2) is 39.4 Å². The molecule has 0 aliphatic carbocycles. The number of benzene rings is 2. The molecule has 0 bridgehead atoms. The van der Waals surface area contributed by atoms with Crippen molar-refractivity contribution >= 4 is 22.8 Å². The minimum absolute atomic E-state index is 0.370. The Morgan fingerprint density at radius 1 is 1.06 bits per heavy atom. The summed E-state index contributed by atoms with van der Waals surface area (Å²) >= 11 is 0. The molecule has 2 aromatic heterocycles. The third-order valence-corrected chi connectivity index (χ3v) is 5.20. The molecule has 0 spiro atoms. The molecular weight excluding hydrogens is 390 g/mol. The number of carbonyl (C=O) groups is 1. The van der Waals surface area contributed by atoms with Crippen LogP contribution in [0, 0.1) is 0 Å². The molecule has 2 aromatic carbocycles. The van der Waals surface area contributed by atoms with E-state index in [1.807, 2.05) is 37.4 Å². The summed E-state index contributed by atoms with van der Waals surface area (Å²) < 4.78 is 6.57. The predicted octanol–water partition coefficient (Wildman–Crippen LogP) is 4.03. The molecule has 0 saturated carbocycles. The molecule has 0 amide bonds. The maximum atomic E-state index is 11.7. The van der Waals surface area contributed by atoms with Gasteiger partial charge in [0.15, 0.2) is 11.5 Å². The van der Waals surface area contributed by atoms with Gasteiger partial charge in [-0.2, -0.15) is 5.10 Å². The van der Waals surface area contributed by atoms with Crippen LogP contribution in [0.3, 0.4) is 0 Å². The molecule has 158 valence electrons. The topological polar surface area (TPSA) is 81.9 Å². The van der Waals surface area contributed by atoms with E-state index in [2.05, 4.69) is 29.5 Å². The lowest BCUT2D eigenvalue weighted by molar-refractivity contribution is 0.0600. The van der Waals surface area contributed by atoms with Crippen molar-refractivity contribution in [1.29, 1.82) is 0 Å². The fourth-order valence-electron chi connectivity index (χ4n) is 3.57. The zero-order valence-electron chi connectivity index (χ0n) is 17.9. The first-order chi connectivity index (χ1) is 15.1.